The largest absolute Gasteiger partial charge is 0.371 e. The quantitative estimate of drug-likeness (QED) is 0.898. The standard InChI is InChI=1S/C16H27N3O/c1-6-14(20-7-2)15-18-10-11-12(17-5)8-16(3,4)9-13(11)19-15/h10,12,14,17H,6-9H2,1-5H3. The lowest BCUT2D eigenvalue weighted by Crippen LogP contribution is -2.33. The molecule has 1 aliphatic rings. The van der Waals surface area contributed by atoms with Crippen LogP contribution >= 0.6 is 0 Å². The third-order valence-electron chi connectivity index (χ3n) is 4.07. The molecule has 0 radical (unpaired) electrons. The van der Waals surface area contributed by atoms with Gasteiger partial charge >= 0.3 is 0 Å². The first-order valence-corrected chi connectivity index (χ1v) is 7.65. The minimum Gasteiger partial charge on any atom is -0.371 e. The Balaban J connectivity index is 2.34. The maximum Gasteiger partial charge on any atom is 0.157 e. The highest BCUT2D eigenvalue weighted by atomic mass is 16.5. The van der Waals surface area contributed by atoms with Gasteiger partial charge in [-0.1, -0.05) is 20.8 Å². The zero-order chi connectivity index (χ0) is 14.8. The summed E-state index contributed by atoms with van der Waals surface area (Å²) in [7, 11) is 2.01. The molecule has 0 fully saturated rings. The Bertz CT molecular complexity index is 459. The molecule has 1 aromatic rings. The van der Waals surface area contributed by atoms with Gasteiger partial charge in [-0.2, -0.15) is 0 Å². The maximum atomic E-state index is 5.73. The van der Waals surface area contributed by atoms with Crippen LogP contribution in [0.4, 0.5) is 0 Å². The van der Waals surface area contributed by atoms with Crippen molar-refractivity contribution < 1.29 is 4.74 Å². The Morgan fingerprint density at radius 2 is 2.20 bits per heavy atom. The van der Waals surface area contributed by atoms with Crippen LogP contribution in [0.5, 0.6) is 0 Å². The number of nitrogens with one attached hydrogen (secondary N) is 1. The van der Waals surface area contributed by atoms with Gasteiger partial charge in [0.15, 0.2) is 5.82 Å². The van der Waals surface area contributed by atoms with Gasteiger partial charge in [0.2, 0.25) is 0 Å². The van der Waals surface area contributed by atoms with Crippen molar-refractivity contribution in [3.8, 4) is 0 Å². The third-order valence-corrected chi connectivity index (χ3v) is 4.07. The van der Waals surface area contributed by atoms with E-state index in [4.69, 9.17) is 9.72 Å². The van der Waals surface area contributed by atoms with E-state index >= 15 is 0 Å². The van der Waals surface area contributed by atoms with E-state index in [0.29, 0.717) is 12.6 Å². The van der Waals surface area contributed by atoms with Crippen LogP contribution in [0.1, 0.15) is 69.8 Å². The molecule has 0 spiro atoms. The summed E-state index contributed by atoms with van der Waals surface area (Å²) in [6.45, 7) is 9.44. The van der Waals surface area contributed by atoms with Crippen molar-refractivity contribution in [2.45, 2.75) is 59.1 Å². The average Bonchev–Trinajstić information content (AvgIpc) is 2.42. The molecule has 1 aliphatic carbocycles. The molecule has 0 saturated heterocycles. The first kappa shape index (κ1) is 15.4. The second-order valence-electron chi connectivity index (χ2n) is 6.37. The molecule has 4 nitrogen and oxygen atoms in total. The minimum atomic E-state index is 0.0170. The van der Waals surface area contributed by atoms with E-state index in [2.05, 4.69) is 31.1 Å². The summed E-state index contributed by atoms with van der Waals surface area (Å²) in [6.07, 6.45) is 5.06. The van der Waals surface area contributed by atoms with Gasteiger partial charge in [0.1, 0.15) is 6.10 Å². The second-order valence-corrected chi connectivity index (χ2v) is 6.37. The molecule has 1 heterocycles. The number of hydrogen-bond acceptors (Lipinski definition) is 4. The van der Waals surface area contributed by atoms with Crippen LogP contribution in [0.3, 0.4) is 0 Å². The van der Waals surface area contributed by atoms with Gasteiger partial charge in [-0.15, -0.1) is 0 Å². The zero-order valence-corrected chi connectivity index (χ0v) is 13.4. The summed E-state index contributed by atoms with van der Waals surface area (Å²) in [5.41, 5.74) is 2.71. The van der Waals surface area contributed by atoms with Gasteiger partial charge in [0.25, 0.3) is 0 Å². The molecular formula is C16H27N3O. The first-order valence-electron chi connectivity index (χ1n) is 7.65. The molecule has 2 rings (SSSR count). The molecule has 0 bridgehead atoms. The number of hydrogen-bond donors (Lipinski definition) is 1. The van der Waals surface area contributed by atoms with Gasteiger partial charge in [0.05, 0.1) is 0 Å². The molecule has 0 saturated carbocycles. The highest BCUT2D eigenvalue weighted by Crippen LogP contribution is 2.39. The summed E-state index contributed by atoms with van der Waals surface area (Å²) in [5.74, 6) is 0.834. The van der Waals surface area contributed by atoms with Gasteiger partial charge < -0.3 is 10.1 Å². The second kappa shape index (κ2) is 6.19. The van der Waals surface area contributed by atoms with Crippen molar-refractivity contribution in [2.75, 3.05) is 13.7 Å². The molecule has 20 heavy (non-hydrogen) atoms. The van der Waals surface area contributed by atoms with Gasteiger partial charge in [-0.05, 0) is 38.6 Å². The van der Waals surface area contributed by atoms with Gasteiger partial charge in [-0.25, -0.2) is 9.97 Å². The van der Waals surface area contributed by atoms with Gasteiger partial charge in [0, 0.05) is 30.1 Å². The number of rotatable bonds is 5. The number of ether oxygens (including phenoxy) is 1. The lowest BCUT2D eigenvalue weighted by Gasteiger charge is -2.36. The average molecular weight is 277 g/mol. The van der Waals surface area contributed by atoms with Crippen molar-refractivity contribution >= 4 is 0 Å². The first-order chi connectivity index (χ1) is 9.50. The van der Waals surface area contributed by atoms with Crippen LogP contribution in [0.15, 0.2) is 6.20 Å². The monoisotopic (exact) mass is 277 g/mol. The molecule has 112 valence electrons. The van der Waals surface area contributed by atoms with E-state index in [0.717, 1.165) is 25.1 Å². The smallest absolute Gasteiger partial charge is 0.157 e. The molecule has 1 N–H and O–H groups in total. The van der Waals surface area contributed by atoms with E-state index in [1.165, 1.54) is 11.3 Å². The Hall–Kier alpha value is -1.00. The van der Waals surface area contributed by atoms with Crippen LogP contribution < -0.4 is 5.32 Å². The summed E-state index contributed by atoms with van der Waals surface area (Å²) >= 11 is 0. The highest BCUT2D eigenvalue weighted by molar-refractivity contribution is 5.27. The molecule has 0 aliphatic heterocycles. The van der Waals surface area contributed by atoms with Crippen molar-refractivity contribution in [2.24, 2.45) is 5.41 Å². The summed E-state index contributed by atoms with van der Waals surface area (Å²) in [5, 5.41) is 3.39. The topological polar surface area (TPSA) is 47.0 Å². The van der Waals surface area contributed by atoms with Gasteiger partial charge in [-0.3, -0.25) is 0 Å². The molecule has 4 heteroatoms. The van der Waals surface area contributed by atoms with Crippen molar-refractivity contribution in [3.63, 3.8) is 0 Å². The lowest BCUT2D eigenvalue weighted by molar-refractivity contribution is 0.0530. The van der Waals surface area contributed by atoms with Crippen molar-refractivity contribution in [3.05, 3.63) is 23.3 Å². The fraction of sp³-hybridized carbons (Fsp3) is 0.750. The zero-order valence-electron chi connectivity index (χ0n) is 13.4. The highest BCUT2D eigenvalue weighted by Gasteiger charge is 2.33. The molecule has 1 aromatic heterocycles. The normalized spacial score (nSPS) is 22.4. The van der Waals surface area contributed by atoms with Crippen molar-refractivity contribution in [1.29, 1.82) is 0 Å². The van der Waals surface area contributed by atoms with Crippen LogP contribution in [-0.2, 0) is 11.2 Å². The molecule has 0 aromatic carbocycles. The molecule has 2 atom stereocenters. The Kier molecular flexibility index (Phi) is 4.76. The van der Waals surface area contributed by atoms with Crippen LogP contribution in [0, 0.1) is 5.41 Å². The SMILES string of the molecule is CCOC(CC)c1ncc2c(n1)CC(C)(C)CC2NC. The Morgan fingerprint density at radius 3 is 2.80 bits per heavy atom. The Morgan fingerprint density at radius 1 is 1.45 bits per heavy atom. The third kappa shape index (κ3) is 3.18. The molecular weight excluding hydrogens is 250 g/mol. The van der Waals surface area contributed by atoms with E-state index in [1.54, 1.807) is 0 Å². The van der Waals surface area contributed by atoms with Crippen LogP contribution in [0.25, 0.3) is 0 Å². The Labute approximate surface area is 122 Å². The fourth-order valence-electron chi connectivity index (χ4n) is 3.05. The lowest BCUT2D eigenvalue weighted by atomic mass is 9.74. The predicted molar refractivity (Wildman–Crippen MR) is 80.6 cm³/mol. The van der Waals surface area contributed by atoms with E-state index < -0.39 is 0 Å². The minimum absolute atomic E-state index is 0.0170. The van der Waals surface area contributed by atoms with Crippen LogP contribution in [-0.4, -0.2) is 23.6 Å². The number of fused-ring (bicyclic) bond motifs is 1. The fourth-order valence-corrected chi connectivity index (χ4v) is 3.05. The van der Waals surface area contributed by atoms with Crippen LogP contribution in [0.2, 0.25) is 0 Å². The van der Waals surface area contributed by atoms with Crippen molar-refractivity contribution in [1.82, 2.24) is 15.3 Å². The summed E-state index contributed by atoms with van der Waals surface area (Å²) in [4.78, 5) is 9.37. The number of aromatic nitrogens is 2. The van der Waals surface area contributed by atoms with E-state index in [-0.39, 0.29) is 11.5 Å². The summed E-state index contributed by atoms with van der Waals surface area (Å²) < 4.78 is 5.73. The summed E-state index contributed by atoms with van der Waals surface area (Å²) in [6, 6.07) is 0.356. The number of nitrogens with zero attached hydrogens (tertiary/aromatic N) is 2. The maximum absolute atomic E-state index is 5.73. The molecule has 2 unspecified atom stereocenters. The van der Waals surface area contributed by atoms with E-state index in [1.807, 2.05) is 20.2 Å². The molecule has 0 amide bonds. The van der Waals surface area contributed by atoms with E-state index in [9.17, 15) is 0 Å². The predicted octanol–water partition coefficient (Wildman–Crippen LogP) is 3.20.